The van der Waals surface area contributed by atoms with Gasteiger partial charge < -0.3 is 14.6 Å². The van der Waals surface area contributed by atoms with Gasteiger partial charge in [-0.3, -0.25) is 4.98 Å². The Bertz CT molecular complexity index is 460. The number of rotatable bonds is 7. The predicted octanol–water partition coefficient (Wildman–Crippen LogP) is 2.90. The largest absolute Gasteiger partial charge is 0.392 e. The van der Waals surface area contributed by atoms with Gasteiger partial charge in [0.15, 0.2) is 6.29 Å². The first-order valence-corrected chi connectivity index (χ1v) is 8.15. The molecular weight excluding hydrogens is 278 g/mol. The number of hydrogen-bond donors (Lipinski definition) is 1. The van der Waals surface area contributed by atoms with Crippen LogP contribution in [0.15, 0.2) is 24.5 Å². The molecule has 1 fully saturated rings. The van der Waals surface area contributed by atoms with Crippen molar-refractivity contribution in [1.82, 2.24) is 4.98 Å². The van der Waals surface area contributed by atoms with Crippen LogP contribution in [0, 0.1) is 11.8 Å². The zero-order valence-corrected chi connectivity index (χ0v) is 13.0. The Labute approximate surface area is 132 Å². The van der Waals surface area contributed by atoms with E-state index < -0.39 is 0 Å². The predicted molar refractivity (Wildman–Crippen MR) is 85.1 cm³/mol. The molecule has 0 saturated carbocycles. The van der Waals surface area contributed by atoms with E-state index in [9.17, 15) is 5.11 Å². The molecule has 120 valence electrons. The van der Waals surface area contributed by atoms with Gasteiger partial charge in [-0.25, -0.2) is 0 Å². The van der Waals surface area contributed by atoms with Crippen LogP contribution in [-0.4, -0.2) is 35.7 Å². The van der Waals surface area contributed by atoms with Crippen molar-refractivity contribution in [3.05, 3.63) is 30.1 Å². The van der Waals surface area contributed by atoms with Gasteiger partial charge in [-0.2, -0.15) is 0 Å². The van der Waals surface area contributed by atoms with Crippen molar-refractivity contribution in [3.8, 4) is 11.8 Å². The summed E-state index contributed by atoms with van der Waals surface area (Å²) in [5.74, 6) is 6.01. The standard InChI is InChI=1S/C18H25NO3/c20-17(10-5-7-16-8-6-12-19-15-16)9-1-3-13-21-18-11-2-4-14-22-18/h6,8,12,15,17-18,20H,1-4,9-11,13-14H2. The topological polar surface area (TPSA) is 51.6 Å². The van der Waals surface area contributed by atoms with E-state index in [1.807, 2.05) is 12.1 Å². The fourth-order valence-corrected chi connectivity index (χ4v) is 2.35. The summed E-state index contributed by atoms with van der Waals surface area (Å²) in [5.41, 5.74) is 0.885. The molecule has 0 aromatic carbocycles. The first-order chi connectivity index (χ1) is 10.8. The minimum Gasteiger partial charge on any atom is -0.392 e. The van der Waals surface area contributed by atoms with Gasteiger partial charge in [0.25, 0.3) is 0 Å². The fourth-order valence-electron chi connectivity index (χ4n) is 2.35. The number of hydrogen-bond acceptors (Lipinski definition) is 4. The lowest BCUT2D eigenvalue weighted by Gasteiger charge is -2.22. The third-order valence-electron chi connectivity index (χ3n) is 3.61. The molecule has 4 heteroatoms. The lowest BCUT2D eigenvalue weighted by atomic mass is 10.1. The molecule has 2 unspecified atom stereocenters. The molecule has 2 rings (SSSR count). The van der Waals surface area contributed by atoms with Gasteiger partial charge in [-0.1, -0.05) is 11.8 Å². The number of aromatic nitrogens is 1. The van der Waals surface area contributed by atoms with Gasteiger partial charge in [0.1, 0.15) is 0 Å². The van der Waals surface area contributed by atoms with Crippen LogP contribution in [0.3, 0.4) is 0 Å². The second-order valence-corrected chi connectivity index (χ2v) is 5.56. The van der Waals surface area contributed by atoms with Gasteiger partial charge in [-0.15, -0.1) is 0 Å². The Hall–Kier alpha value is -1.41. The van der Waals surface area contributed by atoms with Gasteiger partial charge >= 0.3 is 0 Å². The van der Waals surface area contributed by atoms with E-state index in [-0.39, 0.29) is 12.4 Å². The van der Waals surface area contributed by atoms with Crippen LogP contribution in [0.1, 0.15) is 50.5 Å². The summed E-state index contributed by atoms with van der Waals surface area (Å²) in [5, 5.41) is 9.89. The molecule has 0 spiro atoms. The molecule has 2 heterocycles. The van der Waals surface area contributed by atoms with Gasteiger partial charge in [0.05, 0.1) is 6.10 Å². The molecule has 1 N–H and O–H groups in total. The van der Waals surface area contributed by atoms with E-state index in [2.05, 4.69) is 16.8 Å². The number of aliphatic hydroxyl groups excluding tert-OH is 1. The molecule has 1 aliphatic heterocycles. The lowest BCUT2D eigenvalue weighted by molar-refractivity contribution is -0.162. The minimum atomic E-state index is -0.366. The maximum absolute atomic E-state index is 9.89. The molecule has 22 heavy (non-hydrogen) atoms. The van der Waals surface area contributed by atoms with Crippen molar-refractivity contribution in [1.29, 1.82) is 0 Å². The maximum Gasteiger partial charge on any atom is 0.157 e. The molecule has 2 atom stereocenters. The van der Waals surface area contributed by atoms with E-state index >= 15 is 0 Å². The van der Waals surface area contributed by atoms with E-state index in [1.54, 1.807) is 12.4 Å². The van der Waals surface area contributed by atoms with Crippen LogP contribution >= 0.6 is 0 Å². The normalized spacial score (nSPS) is 19.2. The van der Waals surface area contributed by atoms with Crippen molar-refractivity contribution in [2.75, 3.05) is 13.2 Å². The molecule has 0 aliphatic carbocycles. The second-order valence-electron chi connectivity index (χ2n) is 5.56. The zero-order chi connectivity index (χ0) is 15.5. The van der Waals surface area contributed by atoms with Crippen molar-refractivity contribution in [2.24, 2.45) is 0 Å². The van der Waals surface area contributed by atoms with Crippen LogP contribution in [0.25, 0.3) is 0 Å². The highest BCUT2D eigenvalue weighted by atomic mass is 16.7. The van der Waals surface area contributed by atoms with Crippen molar-refractivity contribution < 1.29 is 14.6 Å². The van der Waals surface area contributed by atoms with E-state index in [0.29, 0.717) is 13.0 Å². The summed E-state index contributed by atoms with van der Waals surface area (Å²) in [6.45, 7) is 1.53. The Morgan fingerprint density at radius 2 is 2.36 bits per heavy atom. The SMILES string of the molecule is OC(CC#Cc1cccnc1)CCCCOC1CCCCO1. The van der Waals surface area contributed by atoms with Crippen LogP contribution in [-0.2, 0) is 9.47 Å². The minimum absolute atomic E-state index is 0.0102. The monoisotopic (exact) mass is 303 g/mol. The highest BCUT2D eigenvalue weighted by Crippen LogP contribution is 2.14. The average molecular weight is 303 g/mol. The summed E-state index contributed by atoms with van der Waals surface area (Å²) in [4.78, 5) is 4.00. The van der Waals surface area contributed by atoms with Crippen LogP contribution < -0.4 is 0 Å². The number of unbranched alkanes of at least 4 members (excludes halogenated alkanes) is 1. The summed E-state index contributed by atoms with van der Waals surface area (Å²) >= 11 is 0. The molecular formula is C18H25NO3. The first-order valence-electron chi connectivity index (χ1n) is 8.15. The second kappa shape index (κ2) is 10.3. The molecule has 1 aliphatic rings. The van der Waals surface area contributed by atoms with Gasteiger partial charge in [0, 0.05) is 37.6 Å². The third-order valence-corrected chi connectivity index (χ3v) is 3.61. The smallest absolute Gasteiger partial charge is 0.157 e. The molecule has 0 amide bonds. The van der Waals surface area contributed by atoms with Gasteiger partial charge in [0.2, 0.25) is 0 Å². The highest BCUT2D eigenvalue weighted by Gasteiger charge is 2.13. The van der Waals surface area contributed by atoms with Crippen LogP contribution in [0.5, 0.6) is 0 Å². The molecule has 4 nitrogen and oxygen atoms in total. The molecule has 0 bridgehead atoms. The fraction of sp³-hybridized carbons (Fsp3) is 0.611. The summed E-state index contributed by atoms with van der Waals surface area (Å²) in [6, 6.07) is 3.77. The number of ether oxygens (including phenoxy) is 2. The Kier molecular flexibility index (Phi) is 7.97. The van der Waals surface area contributed by atoms with E-state index in [0.717, 1.165) is 44.3 Å². The molecule has 1 saturated heterocycles. The number of nitrogens with zero attached hydrogens (tertiary/aromatic N) is 1. The summed E-state index contributed by atoms with van der Waals surface area (Å²) in [6.07, 6.45) is 9.58. The molecule has 1 aromatic heterocycles. The van der Waals surface area contributed by atoms with E-state index in [4.69, 9.17) is 9.47 Å². The quantitative estimate of drug-likeness (QED) is 0.621. The number of aliphatic hydroxyl groups is 1. The average Bonchev–Trinajstić information content (AvgIpc) is 2.56. The van der Waals surface area contributed by atoms with Crippen LogP contribution in [0.4, 0.5) is 0 Å². The van der Waals surface area contributed by atoms with Crippen molar-refractivity contribution >= 4 is 0 Å². The van der Waals surface area contributed by atoms with E-state index in [1.165, 1.54) is 6.42 Å². The number of pyridine rings is 1. The maximum atomic E-state index is 9.89. The summed E-state index contributed by atoms with van der Waals surface area (Å²) in [7, 11) is 0. The zero-order valence-electron chi connectivity index (χ0n) is 13.0. The van der Waals surface area contributed by atoms with Crippen molar-refractivity contribution in [3.63, 3.8) is 0 Å². The summed E-state index contributed by atoms with van der Waals surface area (Å²) < 4.78 is 11.2. The third kappa shape index (κ3) is 7.04. The van der Waals surface area contributed by atoms with Crippen LogP contribution in [0.2, 0.25) is 0 Å². The Morgan fingerprint density at radius 1 is 1.41 bits per heavy atom. The molecule has 0 radical (unpaired) electrons. The lowest BCUT2D eigenvalue weighted by Crippen LogP contribution is -2.22. The van der Waals surface area contributed by atoms with Gasteiger partial charge in [-0.05, 0) is 50.7 Å². The highest BCUT2D eigenvalue weighted by molar-refractivity contribution is 5.31. The first kappa shape index (κ1) is 17.0. The Balaban J connectivity index is 1.50. The Morgan fingerprint density at radius 3 is 3.14 bits per heavy atom. The molecule has 1 aromatic rings. The van der Waals surface area contributed by atoms with Crippen molar-refractivity contribution in [2.45, 2.75) is 57.3 Å².